The number of para-hydroxylation sites is 1. The van der Waals surface area contributed by atoms with Gasteiger partial charge in [-0.25, -0.2) is 5.06 Å². The van der Waals surface area contributed by atoms with Crippen LogP contribution in [0.2, 0.25) is 0 Å². The van der Waals surface area contributed by atoms with Gasteiger partial charge in [-0.15, -0.1) is 0 Å². The summed E-state index contributed by atoms with van der Waals surface area (Å²) in [6.45, 7) is 2.22. The van der Waals surface area contributed by atoms with Crippen molar-refractivity contribution in [3.63, 3.8) is 0 Å². The SMILES string of the molecule is CCCCCc1ccc(C#CC(c2ccc(OC)cc2)N(O)c2ccccc2)cc1. The summed E-state index contributed by atoms with van der Waals surface area (Å²) in [6, 6.07) is 25.0. The Morgan fingerprint density at radius 3 is 2.23 bits per heavy atom. The highest BCUT2D eigenvalue weighted by molar-refractivity contribution is 5.50. The van der Waals surface area contributed by atoms with Gasteiger partial charge in [-0.05, 0) is 60.4 Å². The standard InChI is InChI=1S/C27H29NO2/c1-3-4-6-9-22-12-14-23(15-13-22)16-21-27(24-17-19-26(30-2)20-18-24)28(29)25-10-7-5-8-11-25/h5,7-8,10-15,17-20,27,29H,3-4,6,9H2,1-2H3. The number of aryl methyl sites for hydroxylation is 1. The number of hydrogen-bond donors (Lipinski definition) is 1. The molecule has 0 heterocycles. The molecule has 0 bridgehead atoms. The Bertz CT molecular complexity index is 954. The summed E-state index contributed by atoms with van der Waals surface area (Å²) in [5.74, 6) is 7.25. The Hall–Kier alpha value is -3.22. The smallest absolute Gasteiger partial charge is 0.142 e. The molecule has 0 aliphatic heterocycles. The number of anilines is 1. The number of methoxy groups -OCH3 is 1. The van der Waals surface area contributed by atoms with Gasteiger partial charge in [0.2, 0.25) is 0 Å². The fourth-order valence-corrected chi connectivity index (χ4v) is 3.29. The average molecular weight is 400 g/mol. The number of ether oxygens (including phenoxy) is 1. The molecule has 30 heavy (non-hydrogen) atoms. The van der Waals surface area contributed by atoms with Gasteiger partial charge in [0.25, 0.3) is 0 Å². The second-order valence-electron chi connectivity index (χ2n) is 7.28. The minimum absolute atomic E-state index is 0.498. The first-order valence-corrected chi connectivity index (χ1v) is 10.5. The maximum absolute atomic E-state index is 10.9. The van der Waals surface area contributed by atoms with Crippen LogP contribution in [0.4, 0.5) is 5.69 Å². The number of hydroxylamine groups is 1. The van der Waals surface area contributed by atoms with Crippen molar-refractivity contribution < 1.29 is 9.94 Å². The van der Waals surface area contributed by atoms with Gasteiger partial charge in [-0.2, -0.15) is 0 Å². The third kappa shape index (κ3) is 5.89. The van der Waals surface area contributed by atoms with E-state index in [1.807, 2.05) is 54.6 Å². The van der Waals surface area contributed by atoms with E-state index < -0.39 is 6.04 Å². The van der Waals surface area contributed by atoms with Crippen LogP contribution in [0.5, 0.6) is 5.75 Å². The molecule has 0 aliphatic rings. The molecule has 3 aromatic rings. The topological polar surface area (TPSA) is 32.7 Å². The van der Waals surface area contributed by atoms with Gasteiger partial charge in [-0.3, -0.25) is 5.21 Å². The lowest BCUT2D eigenvalue weighted by molar-refractivity contribution is 0.236. The van der Waals surface area contributed by atoms with Crippen LogP contribution in [-0.2, 0) is 6.42 Å². The van der Waals surface area contributed by atoms with E-state index in [2.05, 4.69) is 43.0 Å². The number of benzene rings is 3. The summed E-state index contributed by atoms with van der Waals surface area (Å²) in [5, 5.41) is 12.1. The molecule has 3 rings (SSSR count). The third-order valence-electron chi connectivity index (χ3n) is 5.07. The molecule has 1 unspecified atom stereocenters. The molecule has 0 aromatic heterocycles. The van der Waals surface area contributed by atoms with Crippen molar-refractivity contribution in [1.82, 2.24) is 0 Å². The van der Waals surface area contributed by atoms with Crippen molar-refractivity contribution >= 4 is 5.69 Å². The van der Waals surface area contributed by atoms with Crippen LogP contribution >= 0.6 is 0 Å². The quantitative estimate of drug-likeness (QED) is 0.270. The van der Waals surface area contributed by atoms with E-state index in [-0.39, 0.29) is 0 Å². The number of nitrogens with zero attached hydrogens (tertiary/aromatic N) is 1. The maximum Gasteiger partial charge on any atom is 0.142 e. The zero-order chi connectivity index (χ0) is 21.2. The molecule has 0 saturated heterocycles. The Morgan fingerprint density at radius 2 is 1.60 bits per heavy atom. The lowest BCUT2D eigenvalue weighted by atomic mass is 10.0. The molecule has 3 nitrogen and oxygen atoms in total. The molecule has 0 spiro atoms. The van der Waals surface area contributed by atoms with Gasteiger partial charge < -0.3 is 4.74 Å². The molecule has 0 radical (unpaired) electrons. The number of hydrogen-bond acceptors (Lipinski definition) is 3. The van der Waals surface area contributed by atoms with Crippen molar-refractivity contribution in [1.29, 1.82) is 0 Å². The van der Waals surface area contributed by atoms with Crippen LogP contribution in [0.25, 0.3) is 0 Å². The van der Waals surface area contributed by atoms with Gasteiger partial charge in [0, 0.05) is 5.56 Å². The molecule has 3 heteroatoms. The third-order valence-corrected chi connectivity index (χ3v) is 5.07. The first-order valence-electron chi connectivity index (χ1n) is 10.5. The van der Waals surface area contributed by atoms with Crippen LogP contribution in [-0.4, -0.2) is 12.3 Å². The highest BCUT2D eigenvalue weighted by atomic mass is 16.5. The molecule has 0 saturated carbocycles. The van der Waals surface area contributed by atoms with Crippen molar-refractivity contribution in [3.05, 3.63) is 95.6 Å². The van der Waals surface area contributed by atoms with Crippen LogP contribution in [0.1, 0.15) is 48.9 Å². The van der Waals surface area contributed by atoms with Crippen molar-refractivity contribution in [2.24, 2.45) is 0 Å². The van der Waals surface area contributed by atoms with E-state index in [9.17, 15) is 5.21 Å². The fourth-order valence-electron chi connectivity index (χ4n) is 3.29. The molecule has 0 amide bonds. The molecule has 0 aliphatic carbocycles. The number of unbranched alkanes of at least 4 members (excludes halogenated alkanes) is 2. The summed E-state index contributed by atoms with van der Waals surface area (Å²) >= 11 is 0. The molecular formula is C27H29NO2. The normalized spacial score (nSPS) is 11.3. The van der Waals surface area contributed by atoms with E-state index in [1.54, 1.807) is 7.11 Å². The maximum atomic E-state index is 10.9. The van der Waals surface area contributed by atoms with Crippen molar-refractivity contribution in [2.45, 2.75) is 38.6 Å². The van der Waals surface area contributed by atoms with E-state index in [0.717, 1.165) is 23.3 Å². The first-order chi connectivity index (χ1) is 14.7. The molecular weight excluding hydrogens is 370 g/mol. The van der Waals surface area contributed by atoms with Gasteiger partial charge in [0.05, 0.1) is 12.8 Å². The summed E-state index contributed by atoms with van der Waals surface area (Å²) < 4.78 is 5.26. The lowest BCUT2D eigenvalue weighted by Gasteiger charge is -2.24. The predicted molar refractivity (Wildman–Crippen MR) is 123 cm³/mol. The summed E-state index contributed by atoms with van der Waals surface area (Å²) in [4.78, 5) is 0. The van der Waals surface area contributed by atoms with Crippen LogP contribution in [0.3, 0.4) is 0 Å². The van der Waals surface area contributed by atoms with Gasteiger partial charge in [-0.1, -0.05) is 74.1 Å². The lowest BCUT2D eigenvalue weighted by Crippen LogP contribution is -2.23. The van der Waals surface area contributed by atoms with Gasteiger partial charge in [0.1, 0.15) is 11.8 Å². The van der Waals surface area contributed by atoms with Crippen LogP contribution in [0, 0.1) is 11.8 Å². The highest BCUT2D eigenvalue weighted by Crippen LogP contribution is 2.26. The van der Waals surface area contributed by atoms with Crippen LogP contribution in [0.15, 0.2) is 78.9 Å². The largest absolute Gasteiger partial charge is 0.497 e. The molecule has 1 N–H and O–H groups in total. The summed E-state index contributed by atoms with van der Waals surface area (Å²) in [7, 11) is 1.64. The van der Waals surface area contributed by atoms with E-state index in [4.69, 9.17) is 4.74 Å². The molecule has 0 fully saturated rings. The molecule has 3 aromatic carbocycles. The Morgan fingerprint density at radius 1 is 0.900 bits per heavy atom. The minimum Gasteiger partial charge on any atom is -0.497 e. The zero-order valence-corrected chi connectivity index (χ0v) is 17.7. The predicted octanol–water partition coefficient (Wildman–Crippen LogP) is 6.42. The second kappa shape index (κ2) is 11.1. The number of rotatable bonds is 8. The van der Waals surface area contributed by atoms with Crippen molar-refractivity contribution in [2.75, 3.05) is 12.2 Å². The Labute approximate surface area is 179 Å². The molecule has 1 atom stereocenters. The van der Waals surface area contributed by atoms with Gasteiger partial charge >= 0.3 is 0 Å². The summed E-state index contributed by atoms with van der Waals surface area (Å²) in [5.41, 5.74) is 3.87. The zero-order valence-electron chi connectivity index (χ0n) is 17.7. The Kier molecular flexibility index (Phi) is 7.94. The van der Waals surface area contributed by atoms with E-state index in [0.29, 0.717) is 5.69 Å². The second-order valence-corrected chi connectivity index (χ2v) is 7.28. The summed E-state index contributed by atoms with van der Waals surface area (Å²) in [6.07, 6.45) is 4.82. The van der Waals surface area contributed by atoms with Gasteiger partial charge in [0.15, 0.2) is 0 Å². The van der Waals surface area contributed by atoms with Crippen LogP contribution < -0.4 is 9.80 Å². The van der Waals surface area contributed by atoms with E-state index in [1.165, 1.54) is 29.9 Å². The van der Waals surface area contributed by atoms with E-state index >= 15 is 0 Å². The highest BCUT2D eigenvalue weighted by Gasteiger charge is 2.17. The Balaban J connectivity index is 1.84. The van der Waals surface area contributed by atoms with Crippen molar-refractivity contribution in [3.8, 4) is 17.6 Å². The minimum atomic E-state index is -0.498. The monoisotopic (exact) mass is 399 g/mol. The fraction of sp³-hybridized carbons (Fsp3) is 0.259. The molecule has 154 valence electrons. The first kappa shape index (κ1) is 21.5. The average Bonchev–Trinajstić information content (AvgIpc) is 2.81.